The molecule has 0 spiro atoms. The Labute approximate surface area is 107 Å². The summed E-state index contributed by atoms with van der Waals surface area (Å²) in [5.41, 5.74) is 2.07. The van der Waals surface area contributed by atoms with Crippen molar-refractivity contribution in [3.8, 4) is 0 Å². The average molecular weight is 242 g/mol. The van der Waals surface area contributed by atoms with Gasteiger partial charge in [-0.3, -0.25) is 9.78 Å². The second-order valence-corrected chi connectivity index (χ2v) is 5.06. The first-order valence-electron chi connectivity index (χ1n) is 6.05. The van der Waals surface area contributed by atoms with E-state index in [-0.39, 0.29) is 5.78 Å². The number of fused-ring (bicyclic) bond motifs is 1. The summed E-state index contributed by atoms with van der Waals surface area (Å²) < 4.78 is 0. The first-order chi connectivity index (χ1) is 8.44. The lowest BCUT2D eigenvalue weighted by Gasteiger charge is -2.22. The molecule has 0 unspecified atom stereocenters. The standard InChI is InChI=1S/C15H18N2O/c1-10-5-6-11-9-12(7-8-13(11)17-10)14(18)15(2,3)16-4/h5-9,16H,1-4H3. The second kappa shape index (κ2) is 4.50. The molecular weight excluding hydrogens is 224 g/mol. The van der Waals surface area contributed by atoms with Crippen molar-refractivity contribution in [2.45, 2.75) is 26.3 Å². The Morgan fingerprint density at radius 3 is 2.61 bits per heavy atom. The Morgan fingerprint density at radius 1 is 1.22 bits per heavy atom. The number of hydrogen-bond acceptors (Lipinski definition) is 3. The van der Waals surface area contributed by atoms with Crippen molar-refractivity contribution >= 4 is 16.7 Å². The topological polar surface area (TPSA) is 42.0 Å². The van der Waals surface area contributed by atoms with E-state index in [1.807, 2.05) is 51.1 Å². The zero-order chi connectivity index (χ0) is 13.3. The van der Waals surface area contributed by atoms with Gasteiger partial charge < -0.3 is 5.32 Å². The van der Waals surface area contributed by atoms with Crippen LogP contribution in [0.15, 0.2) is 30.3 Å². The van der Waals surface area contributed by atoms with Crippen LogP contribution >= 0.6 is 0 Å². The minimum Gasteiger partial charge on any atom is -0.308 e. The molecular formula is C15H18N2O. The molecule has 3 nitrogen and oxygen atoms in total. The van der Waals surface area contributed by atoms with E-state index in [4.69, 9.17) is 0 Å². The van der Waals surface area contributed by atoms with E-state index in [9.17, 15) is 4.79 Å². The number of nitrogens with zero attached hydrogens (tertiary/aromatic N) is 1. The zero-order valence-electron chi connectivity index (χ0n) is 11.2. The maximum Gasteiger partial charge on any atom is 0.182 e. The first kappa shape index (κ1) is 12.7. The van der Waals surface area contributed by atoms with E-state index in [1.165, 1.54) is 0 Å². The Hall–Kier alpha value is -1.74. The van der Waals surface area contributed by atoms with Crippen LogP contribution in [0.5, 0.6) is 0 Å². The maximum absolute atomic E-state index is 12.3. The molecule has 3 heteroatoms. The minimum atomic E-state index is -0.550. The largest absolute Gasteiger partial charge is 0.308 e. The van der Waals surface area contributed by atoms with Crippen LogP contribution in [0.4, 0.5) is 0 Å². The number of benzene rings is 1. The molecule has 0 saturated carbocycles. The molecule has 1 N–H and O–H groups in total. The van der Waals surface area contributed by atoms with E-state index in [0.717, 1.165) is 16.6 Å². The number of hydrogen-bond donors (Lipinski definition) is 1. The predicted molar refractivity (Wildman–Crippen MR) is 73.9 cm³/mol. The number of carbonyl (C=O) groups is 1. The molecule has 0 bridgehead atoms. The van der Waals surface area contributed by atoms with Crippen LogP contribution in [0.25, 0.3) is 10.9 Å². The number of Topliss-reactive ketones (excluding diaryl/α,β-unsaturated/α-hetero) is 1. The molecule has 1 aromatic heterocycles. The Balaban J connectivity index is 2.48. The van der Waals surface area contributed by atoms with Crippen LogP contribution in [-0.4, -0.2) is 23.4 Å². The highest BCUT2D eigenvalue weighted by molar-refractivity contribution is 6.04. The molecule has 1 heterocycles. The lowest BCUT2D eigenvalue weighted by molar-refractivity contribution is 0.0890. The van der Waals surface area contributed by atoms with Gasteiger partial charge in [0.25, 0.3) is 0 Å². The molecule has 0 atom stereocenters. The number of aromatic nitrogens is 1. The van der Waals surface area contributed by atoms with Crippen molar-refractivity contribution in [2.75, 3.05) is 7.05 Å². The molecule has 2 rings (SSSR count). The average Bonchev–Trinajstić information content (AvgIpc) is 2.37. The van der Waals surface area contributed by atoms with Gasteiger partial charge in [-0.15, -0.1) is 0 Å². The quantitative estimate of drug-likeness (QED) is 0.841. The molecule has 2 aromatic rings. The monoisotopic (exact) mass is 242 g/mol. The lowest BCUT2D eigenvalue weighted by Crippen LogP contribution is -2.44. The second-order valence-electron chi connectivity index (χ2n) is 5.06. The fraction of sp³-hybridized carbons (Fsp3) is 0.333. The fourth-order valence-electron chi connectivity index (χ4n) is 1.84. The molecule has 0 aliphatic heterocycles. The molecule has 94 valence electrons. The summed E-state index contributed by atoms with van der Waals surface area (Å²) in [6, 6.07) is 9.61. The molecule has 0 amide bonds. The molecule has 1 aromatic carbocycles. The van der Waals surface area contributed by atoms with Gasteiger partial charge in [0, 0.05) is 16.6 Å². The van der Waals surface area contributed by atoms with Gasteiger partial charge in [0.1, 0.15) is 0 Å². The van der Waals surface area contributed by atoms with Crippen molar-refractivity contribution in [1.82, 2.24) is 10.3 Å². The van der Waals surface area contributed by atoms with E-state index in [1.54, 1.807) is 7.05 Å². The van der Waals surface area contributed by atoms with Gasteiger partial charge in [-0.25, -0.2) is 0 Å². The van der Waals surface area contributed by atoms with Crippen LogP contribution in [-0.2, 0) is 0 Å². The van der Waals surface area contributed by atoms with Crippen LogP contribution in [0.1, 0.15) is 29.9 Å². The summed E-state index contributed by atoms with van der Waals surface area (Å²) in [4.78, 5) is 16.8. The SMILES string of the molecule is CNC(C)(C)C(=O)c1ccc2nc(C)ccc2c1. The summed E-state index contributed by atoms with van der Waals surface area (Å²) in [7, 11) is 1.80. The highest BCUT2D eigenvalue weighted by Gasteiger charge is 2.26. The first-order valence-corrected chi connectivity index (χ1v) is 6.05. The molecule has 0 saturated heterocycles. The van der Waals surface area contributed by atoms with Crippen LogP contribution in [0.3, 0.4) is 0 Å². The van der Waals surface area contributed by atoms with Crippen molar-refractivity contribution in [3.05, 3.63) is 41.6 Å². The van der Waals surface area contributed by atoms with E-state index in [0.29, 0.717) is 5.56 Å². The number of aryl methyl sites for hydroxylation is 1. The van der Waals surface area contributed by atoms with Gasteiger partial charge in [0.05, 0.1) is 11.1 Å². The number of rotatable bonds is 3. The number of nitrogens with one attached hydrogen (secondary N) is 1. The third kappa shape index (κ3) is 2.27. The van der Waals surface area contributed by atoms with Gasteiger partial charge >= 0.3 is 0 Å². The van der Waals surface area contributed by atoms with E-state index in [2.05, 4.69) is 10.3 Å². The highest BCUT2D eigenvalue weighted by Crippen LogP contribution is 2.18. The smallest absolute Gasteiger partial charge is 0.182 e. The maximum atomic E-state index is 12.3. The fourth-order valence-corrected chi connectivity index (χ4v) is 1.84. The Kier molecular flexibility index (Phi) is 3.18. The Bertz CT molecular complexity index is 602. The van der Waals surface area contributed by atoms with Crippen LogP contribution < -0.4 is 5.32 Å². The van der Waals surface area contributed by atoms with Gasteiger partial charge in [-0.05, 0) is 52.1 Å². The number of pyridine rings is 1. The summed E-state index contributed by atoms with van der Waals surface area (Å²) >= 11 is 0. The Morgan fingerprint density at radius 2 is 1.94 bits per heavy atom. The van der Waals surface area contributed by atoms with Crippen LogP contribution in [0.2, 0.25) is 0 Å². The van der Waals surface area contributed by atoms with Gasteiger partial charge in [-0.2, -0.15) is 0 Å². The van der Waals surface area contributed by atoms with Gasteiger partial charge in [0.15, 0.2) is 5.78 Å². The number of ketones is 1. The molecule has 0 aliphatic rings. The van der Waals surface area contributed by atoms with Gasteiger partial charge in [0.2, 0.25) is 0 Å². The van der Waals surface area contributed by atoms with E-state index >= 15 is 0 Å². The van der Waals surface area contributed by atoms with Gasteiger partial charge in [-0.1, -0.05) is 6.07 Å². The third-order valence-electron chi connectivity index (χ3n) is 3.28. The van der Waals surface area contributed by atoms with Crippen LogP contribution in [0, 0.1) is 6.92 Å². The molecule has 0 aliphatic carbocycles. The highest BCUT2D eigenvalue weighted by atomic mass is 16.1. The molecule has 18 heavy (non-hydrogen) atoms. The third-order valence-corrected chi connectivity index (χ3v) is 3.28. The lowest BCUT2D eigenvalue weighted by atomic mass is 9.92. The normalized spacial score (nSPS) is 11.8. The predicted octanol–water partition coefficient (Wildman–Crippen LogP) is 2.72. The molecule has 0 radical (unpaired) electrons. The minimum absolute atomic E-state index is 0.0903. The molecule has 0 fully saturated rings. The van der Waals surface area contributed by atoms with Crippen molar-refractivity contribution < 1.29 is 4.79 Å². The summed E-state index contributed by atoms with van der Waals surface area (Å²) in [5.74, 6) is 0.0903. The number of likely N-dealkylation sites (N-methyl/N-ethyl adjacent to an activating group) is 1. The zero-order valence-corrected chi connectivity index (χ0v) is 11.2. The summed E-state index contributed by atoms with van der Waals surface area (Å²) in [6.07, 6.45) is 0. The van der Waals surface area contributed by atoms with Crippen molar-refractivity contribution in [3.63, 3.8) is 0 Å². The number of carbonyl (C=O) groups excluding carboxylic acids is 1. The van der Waals surface area contributed by atoms with Crippen molar-refractivity contribution in [1.29, 1.82) is 0 Å². The summed E-state index contributed by atoms with van der Waals surface area (Å²) in [6.45, 7) is 5.72. The summed E-state index contributed by atoms with van der Waals surface area (Å²) in [5, 5.41) is 4.03. The van der Waals surface area contributed by atoms with Crippen molar-refractivity contribution in [2.24, 2.45) is 0 Å². The van der Waals surface area contributed by atoms with E-state index < -0.39 is 5.54 Å².